The number of hydrogen-bond donors (Lipinski definition) is 2. The Hall–Kier alpha value is -3.09. The maximum absolute atomic E-state index is 12.9. The molecule has 2 N–H and O–H groups in total. The Labute approximate surface area is 210 Å². The minimum absolute atomic E-state index is 0.0870. The van der Waals surface area contributed by atoms with Crippen molar-refractivity contribution in [3.8, 4) is 16.3 Å². The van der Waals surface area contributed by atoms with Gasteiger partial charge in [0.2, 0.25) is 0 Å². The molecule has 0 spiro atoms. The van der Waals surface area contributed by atoms with Crippen molar-refractivity contribution in [2.45, 2.75) is 32.0 Å². The number of benzene rings is 1. The smallest absolute Gasteiger partial charge is 0.435 e. The number of hydrogen-bond acceptors (Lipinski definition) is 8. The van der Waals surface area contributed by atoms with E-state index in [9.17, 15) is 18.0 Å². The van der Waals surface area contributed by atoms with Crippen LogP contribution in [0.2, 0.25) is 0 Å². The van der Waals surface area contributed by atoms with Crippen LogP contribution in [0.3, 0.4) is 0 Å². The summed E-state index contributed by atoms with van der Waals surface area (Å²) in [5.74, 6) is 0.179. The molecule has 4 rings (SSSR count). The van der Waals surface area contributed by atoms with Crippen molar-refractivity contribution in [2.24, 2.45) is 0 Å². The number of nitrogens with one attached hydrogen (secondary N) is 2. The molecule has 1 aliphatic rings. The number of ether oxygens (including phenoxy) is 2. The van der Waals surface area contributed by atoms with Crippen LogP contribution in [-0.4, -0.2) is 60.0 Å². The number of amides is 1. The third kappa shape index (κ3) is 6.99. The monoisotopic (exact) mass is 521 g/mol. The SMILES string of the molecule is CCc1cnc(-c2cc(OC[C@@H]3CNCCO3)cc(C(=O)NCCc3ccc(C(F)(F)F)nn3)c2)s1. The van der Waals surface area contributed by atoms with Crippen molar-refractivity contribution in [3.05, 3.63) is 58.4 Å². The highest BCUT2D eigenvalue weighted by atomic mass is 32.1. The van der Waals surface area contributed by atoms with Crippen LogP contribution in [0.25, 0.3) is 10.6 Å². The second kappa shape index (κ2) is 11.8. The number of rotatable bonds is 9. The second-order valence-corrected chi connectivity index (χ2v) is 9.27. The number of nitrogens with zero attached hydrogens (tertiary/aromatic N) is 3. The van der Waals surface area contributed by atoms with E-state index in [1.54, 1.807) is 23.5 Å². The Balaban J connectivity index is 1.44. The quantitative estimate of drug-likeness (QED) is 0.445. The van der Waals surface area contributed by atoms with Crippen molar-refractivity contribution in [1.82, 2.24) is 25.8 Å². The van der Waals surface area contributed by atoms with Crippen molar-refractivity contribution in [2.75, 3.05) is 32.8 Å². The van der Waals surface area contributed by atoms with E-state index >= 15 is 0 Å². The molecule has 1 atom stereocenters. The zero-order chi connectivity index (χ0) is 25.5. The van der Waals surface area contributed by atoms with Crippen LogP contribution < -0.4 is 15.4 Å². The minimum Gasteiger partial charge on any atom is -0.491 e. The predicted octanol–water partition coefficient (Wildman–Crippen LogP) is 3.52. The fraction of sp³-hybridized carbons (Fsp3) is 0.417. The first-order valence-corrected chi connectivity index (χ1v) is 12.4. The van der Waals surface area contributed by atoms with Crippen LogP contribution in [0.15, 0.2) is 36.5 Å². The molecule has 1 fully saturated rings. The molecule has 1 amide bonds. The van der Waals surface area contributed by atoms with E-state index in [1.165, 1.54) is 6.07 Å². The first kappa shape index (κ1) is 26.0. The molecule has 0 unspecified atom stereocenters. The van der Waals surface area contributed by atoms with Gasteiger partial charge in [0.1, 0.15) is 23.5 Å². The normalized spacial score (nSPS) is 16.1. The molecule has 0 radical (unpaired) electrons. The molecular formula is C24H26F3N5O3S. The summed E-state index contributed by atoms with van der Waals surface area (Å²) in [7, 11) is 0. The zero-order valence-electron chi connectivity index (χ0n) is 19.6. The molecule has 192 valence electrons. The number of alkyl halides is 3. The molecule has 3 heterocycles. The standard InChI is InChI=1S/C24H26F3N5O3S/c1-2-20-13-30-23(36-20)16-9-15(10-18(11-16)35-14-19-12-28-7-8-34-19)22(33)29-6-5-17-3-4-21(32-31-17)24(25,26)27/h3-4,9-11,13,19,28H,2,5-8,12,14H2,1H3,(H,29,33)/t19-/m0/s1. The third-order valence-corrected chi connectivity index (χ3v) is 6.63. The fourth-order valence-corrected chi connectivity index (χ4v) is 4.35. The molecule has 0 aliphatic carbocycles. The van der Waals surface area contributed by atoms with Gasteiger partial charge in [0, 0.05) is 48.3 Å². The third-order valence-electron chi connectivity index (χ3n) is 5.43. The van der Waals surface area contributed by atoms with E-state index in [-0.39, 0.29) is 25.0 Å². The molecule has 8 nitrogen and oxygen atoms in total. The van der Waals surface area contributed by atoms with Gasteiger partial charge in [0.05, 0.1) is 12.3 Å². The highest BCUT2D eigenvalue weighted by molar-refractivity contribution is 7.15. The van der Waals surface area contributed by atoms with Gasteiger partial charge in [-0.05, 0) is 36.8 Å². The summed E-state index contributed by atoms with van der Waals surface area (Å²) in [6, 6.07) is 7.38. The van der Waals surface area contributed by atoms with E-state index in [0.717, 1.165) is 34.5 Å². The number of thiazole rings is 1. The topological polar surface area (TPSA) is 98.3 Å². The largest absolute Gasteiger partial charge is 0.491 e. The van der Waals surface area contributed by atoms with Gasteiger partial charge >= 0.3 is 6.18 Å². The lowest BCUT2D eigenvalue weighted by Gasteiger charge is -2.23. The number of halogens is 3. The summed E-state index contributed by atoms with van der Waals surface area (Å²) in [4.78, 5) is 18.5. The minimum atomic E-state index is -4.54. The maximum atomic E-state index is 12.9. The van der Waals surface area contributed by atoms with Crippen LogP contribution in [-0.2, 0) is 23.8 Å². The summed E-state index contributed by atoms with van der Waals surface area (Å²) >= 11 is 1.55. The highest BCUT2D eigenvalue weighted by Gasteiger charge is 2.32. The molecule has 1 saturated heterocycles. The van der Waals surface area contributed by atoms with Crippen molar-refractivity contribution < 1.29 is 27.4 Å². The first-order chi connectivity index (χ1) is 17.3. The zero-order valence-corrected chi connectivity index (χ0v) is 20.4. The average Bonchev–Trinajstić information content (AvgIpc) is 3.37. The van der Waals surface area contributed by atoms with E-state index in [0.29, 0.717) is 36.8 Å². The Morgan fingerprint density at radius 3 is 2.81 bits per heavy atom. The van der Waals surface area contributed by atoms with Gasteiger partial charge < -0.3 is 20.1 Å². The first-order valence-electron chi connectivity index (χ1n) is 11.5. The van der Waals surface area contributed by atoms with Gasteiger partial charge in [-0.2, -0.15) is 18.3 Å². The van der Waals surface area contributed by atoms with E-state index in [2.05, 4.69) is 32.7 Å². The van der Waals surface area contributed by atoms with Gasteiger partial charge in [0.25, 0.3) is 5.91 Å². The molecular weight excluding hydrogens is 495 g/mol. The van der Waals surface area contributed by atoms with Gasteiger partial charge in [-0.1, -0.05) is 6.92 Å². The molecule has 1 aliphatic heterocycles. The lowest BCUT2D eigenvalue weighted by molar-refractivity contribution is -0.141. The molecule has 0 saturated carbocycles. The number of carbonyl (C=O) groups is 1. The average molecular weight is 522 g/mol. The second-order valence-electron chi connectivity index (χ2n) is 8.15. The van der Waals surface area contributed by atoms with Crippen LogP contribution in [0, 0.1) is 0 Å². The Morgan fingerprint density at radius 2 is 2.14 bits per heavy atom. The maximum Gasteiger partial charge on any atom is 0.435 e. The number of morpholine rings is 1. The van der Waals surface area contributed by atoms with Crippen LogP contribution in [0.4, 0.5) is 13.2 Å². The van der Waals surface area contributed by atoms with Crippen molar-refractivity contribution in [3.63, 3.8) is 0 Å². The van der Waals surface area contributed by atoms with Crippen LogP contribution >= 0.6 is 11.3 Å². The van der Waals surface area contributed by atoms with Crippen LogP contribution in [0.1, 0.15) is 33.5 Å². The summed E-state index contributed by atoms with van der Waals surface area (Å²) in [5, 5.41) is 13.6. The number of carbonyl (C=O) groups excluding carboxylic acids is 1. The summed E-state index contributed by atoms with van der Waals surface area (Å²) in [6.45, 7) is 4.67. The molecule has 0 bridgehead atoms. The lowest BCUT2D eigenvalue weighted by Crippen LogP contribution is -2.41. The summed E-state index contributed by atoms with van der Waals surface area (Å²) in [5.41, 5.74) is 0.440. The molecule has 2 aromatic heterocycles. The van der Waals surface area contributed by atoms with Crippen molar-refractivity contribution in [1.29, 1.82) is 0 Å². The van der Waals surface area contributed by atoms with Gasteiger partial charge in [-0.3, -0.25) is 4.79 Å². The van der Waals surface area contributed by atoms with Gasteiger partial charge in [-0.25, -0.2) is 4.98 Å². The van der Waals surface area contributed by atoms with E-state index < -0.39 is 11.9 Å². The number of aromatic nitrogens is 3. The Kier molecular flexibility index (Phi) is 8.49. The van der Waals surface area contributed by atoms with Crippen LogP contribution in [0.5, 0.6) is 5.75 Å². The van der Waals surface area contributed by atoms with E-state index in [4.69, 9.17) is 9.47 Å². The number of aryl methyl sites for hydroxylation is 1. The predicted molar refractivity (Wildman–Crippen MR) is 128 cm³/mol. The summed E-state index contributed by atoms with van der Waals surface area (Å²) in [6.07, 6.45) is -1.71. The highest BCUT2D eigenvalue weighted by Crippen LogP contribution is 2.30. The Morgan fingerprint density at radius 1 is 1.28 bits per heavy atom. The summed E-state index contributed by atoms with van der Waals surface area (Å²) < 4.78 is 49.6. The molecule has 1 aromatic carbocycles. The molecule has 36 heavy (non-hydrogen) atoms. The molecule has 12 heteroatoms. The Bertz CT molecular complexity index is 1160. The molecule has 3 aromatic rings. The van der Waals surface area contributed by atoms with Gasteiger partial charge in [0.15, 0.2) is 5.69 Å². The van der Waals surface area contributed by atoms with Crippen molar-refractivity contribution >= 4 is 17.2 Å². The fourth-order valence-electron chi connectivity index (χ4n) is 3.51. The lowest BCUT2D eigenvalue weighted by atomic mass is 10.1. The van der Waals surface area contributed by atoms with Gasteiger partial charge in [-0.15, -0.1) is 16.4 Å². The van der Waals surface area contributed by atoms with E-state index in [1.807, 2.05) is 12.3 Å².